The Labute approximate surface area is 161 Å². The van der Waals surface area contributed by atoms with Crippen molar-refractivity contribution >= 4 is 46.0 Å². The van der Waals surface area contributed by atoms with E-state index in [4.69, 9.17) is 26.4 Å². The lowest BCUT2D eigenvalue weighted by molar-refractivity contribution is -0.113. The minimum Gasteiger partial charge on any atom is -0.497 e. The summed E-state index contributed by atoms with van der Waals surface area (Å²) in [5, 5.41) is 0. The van der Waals surface area contributed by atoms with Crippen LogP contribution in [0.25, 0.3) is 6.08 Å². The predicted octanol–water partition coefficient (Wildman–Crippen LogP) is 4.12. The second-order valence-electron chi connectivity index (χ2n) is 5.32. The zero-order valence-electron chi connectivity index (χ0n) is 14.5. The molecule has 0 N–H and O–H groups in total. The number of hydrogen-bond acceptors (Lipinski definition) is 6. The molecule has 1 aliphatic heterocycles. The normalized spacial score (nSPS) is 15.5. The number of carbonyl (C=O) groups excluding carboxylic acids is 1. The summed E-state index contributed by atoms with van der Waals surface area (Å²) in [4.78, 5) is 14.9. The fourth-order valence-corrected chi connectivity index (χ4v) is 3.80. The summed E-state index contributed by atoms with van der Waals surface area (Å²) < 4.78 is 16.3. The summed E-state index contributed by atoms with van der Waals surface area (Å²) in [7, 11) is 4.77. The molecule has 0 aliphatic carbocycles. The van der Waals surface area contributed by atoms with Crippen molar-refractivity contribution in [2.24, 2.45) is 0 Å². The smallest absolute Gasteiger partial charge is 0.270 e. The minimum atomic E-state index is -0.171. The molecule has 1 amide bonds. The maximum absolute atomic E-state index is 12.9. The van der Waals surface area contributed by atoms with Crippen molar-refractivity contribution in [1.82, 2.24) is 0 Å². The van der Waals surface area contributed by atoms with E-state index >= 15 is 0 Å². The average Bonchev–Trinajstić information content (AvgIpc) is 2.95. The van der Waals surface area contributed by atoms with Gasteiger partial charge in [0, 0.05) is 5.56 Å². The van der Waals surface area contributed by atoms with E-state index in [2.05, 4.69) is 0 Å². The van der Waals surface area contributed by atoms with E-state index in [1.54, 1.807) is 63.8 Å². The number of anilines is 1. The van der Waals surface area contributed by atoms with E-state index in [9.17, 15) is 4.79 Å². The standard InChI is InChI=1S/C19H17NO4S2/c1-22-14-6-4-13(5-7-14)20-18(21)17(26-19(20)25)11-12-10-15(23-2)8-9-16(12)24-3/h4-11H,1-3H3. The SMILES string of the molecule is COc1ccc(N2C(=O)C(=Cc3cc(OC)ccc3OC)SC2=S)cc1. The van der Waals surface area contributed by atoms with Gasteiger partial charge >= 0.3 is 0 Å². The van der Waals surface area contributed by atoms with Gasteiger partial charge in [-0.2, -0.15) is 0 Å². The Balaban J connectivity index is 1.94. The molecule has 0 saturated carbocycles. The lowest BCUT2D eigenvalue weighted by Gasteiger charge is -2.14. The maximum atomic E-state index is 12.9. The van der Waals surface area contributed by atoms with Crippen LogP contribution in [0.2, 0.25) is 0 Å². The summed E-state index contributed by atoms with van der Waals surface area (Å²) in [5.41, 5.74) is 1.45. The molecule has 0 unspecified atom stereocenters. The molecule has 0 atom stereocenters. The van der Waals surface area contributed by atoms with Crippen LogP contribution in [0.1, 0.15) is 5.56 Å². The van der Waals surface area contributed by atoms with E-state index in [0.29, 0.717) is 26.4 Å². The van der Waals surface area contributed by atoms with Crippen molar-refractivity contribution in [2.45, 2.75) is 0 Å². The highest BCUT2D eigenvalue weighted by Gasteiger charge is 2.33. The second-order valence-corrected chi connectivity index (χ2v) is 7.00. The number of benzene rings is 2. The molecule has 7 heteroatoms. The van der Waals surface area contributed by atoms with Crippen molar-refractivity contribution in [3.05, 3.63) is 52.9 Å². The van der Waals surface area contributed by atoms with Gasteiger partial charge in [0.25, 0.3) is 5.91 Å². The van der Waals surface area contributed by atoms with Gasteiger partial charge in [-0.15, -0.1) is 0 Å². The molecule has 134 valence electrons. The minimum absolute atomic E-state index is 0.171. The number of ether oxygens (including phenoxy) is 3. The first kappa shape index (κ1) is 18.3. The van der Waals surface area contributed by atoms with Crippen molar-refractivity contribution in [3.8, 4) is 17.2 Å². The molecule has 0 radical (unpaired) electrons. The Morgan fingerprint density at radius 3 is 2.23 bits per heavy atom. The van der Waals surface area contributed by atoms with Crippen LogP contribution in [0.15, 0.2) is 47.4 Å². The summed E-state index contributed by atoms with van der Waals surface area (Å²) in [5.74, 6) is 1.88. The second kappa shape index (κ2) is 7.80. The van der Waals surface area contributed by atoms with E-state index < -0.39 is 0 Å². The molecule has 0 spiro atoms. The van der Waals surface area contributed by atoms with Crippen LogP contribution >= 0.6 is 24.0 Å². The van der Waals surface area contributed by atoms with Crippen LogP contribution in [0.3, 0.4) is 0 Å². The van der Waals surface area contributed by atoms with Gasteiger partial charge in [-0.05, 0) is 48.5 Å². The molecule has 2 aromatic carbocycles. The van der Waals surface area contributed by atoms with Crippen molar-refractivity contribution in [3.63, 3.8) is 0 Å². The number of nitrogens with zero attached hydrogens (tertiary/aromatic N) is 1. The zero-order chi connectivity index (χ0) is 18.7. The van der Waals surface area contributed by atoms with Crippen LogP contribution in [-0.4, -0.2) is 31.6 Å². The summed E-state index contributed by atoms with van der Waals surface area (Å²) in [6.07, 6.45) is 1.77. The van der Waals surface area contributed by atoms with Gasteiger partial charge in [0.05, 0.1) is 31.9 Å². The number of hydrogen-bond donors (Lipinski definition) is 0. The first-order chi connectivity index (χ1) is 12.6. The molecule has 1 heterocycles. The number of methoxy groups -OCH3 is 3. The zero-order valence-corrected chi connectivity index (χ0v) is 16.1. The van der Waals surface area contributed by atoms with Crippen LogP contribution in [0.5, 0.6) is 17.2 Å². The molecule has 5 nitrogen and oxygen atoms in total. The van der Waals surface area contributed by atoms with E-state index in [0.717, 1.165) is 11.3 Å². The molecule has 3 rings (SSSR count). The quantitative estimate of drug-likeness (QED) is 0.568. The molecular formula is C19H17NO4S2. The Bertz CT molecular complexity index is 878. The van der Waals surface area contributed by atoms with Gasteiger partial charge in [0.1, 0.15) is 17.2 Å². The van der Waals surface area contributed by atoms with Crippen LogP contribution in [0.4, 0.5) is 5.69 Å². The molecular weight excluding hydrogens is 370 g/mol. The molecule has 0 bridgehead atoms. The molecule has 2 aromatic rings. The fourth-order valence-electron chi connectivity index (χ4n) is 2.52. The van der Waals surface area contributed by atoms with Gasteiger partial charge in [-0.25, -0.2) is 0 Å². The van der Waals surface area contributed by atoms with E-state index in [1.807, 2.05) is 6.07 Å². The maximum Gasteiger partial charge on any atom is 0.270 e. The molecule has 1 saturated heterocycles. The molecule has 26 heavy (non-hydrogen) atoms. The summed E-state index contributed by atoms with van der Waals surface area (Å²) >= 11 is 6.66. The molecule has 1 fully saturated rings. The van der Waals surface area contributed by atoms with Crippen molar-refractivity contribution < 1.29 is 19.0 Å². The Morgan fingerprint density at radius 2 is 1.62 bits per heavy atom. The van der Waals surface area contributed by atoms with Gasteiger partial charge in [-0.1, -0.05) is 24.0 Å². The third kappa shape index (κ3) is 3.54. The highest BCUT2D eigenvalue weighted by molar-refractivity contribution is 8.27. The van der Waals surface area contributed by atoms with Crippen molar-refractivity contribution in [1.29, 1.82) is 0 Å². The van der Waals surface area contributed by atoms with Gasteiger partial charge in [0.15, 0.2) is 4.32 Å². The lowest BCUT2D eigenvalue weighted by atomic mass is 10.1. The number of amides is 1. The monoisotopic (exact) mass is 387 g/mol. The number of thiocarbonyl (C=S) groups is 1. The Morgan fingerprint density at radius 1 is 0.962 bits per heavy atom. The summed E-state index contributed by atoms with van der Waals surface area (Å²) in [6.45, 7) is 0. The van der Waals surface area contributed by atoms with Crippen LogP contribution in [-0.2, 0) is 4.79 Å². The van der Waals surface area contributed by atoms with Crippen molar-refractivity contribution in [2.75, 3.05) is 26.2 Å². The van der Waals surface area contributed by atoms with E-state index in [1.165, 1.54) is 16.7 Å². The topological polar surface area (TPSA) is 48.0 Å². The van der Waals surface area contributed by atoms with Gasteiger partial charge in [0.2, 0.25) is 0 Å². The summed E-state index contributed by atoms with van der Waals surface area (Å²) in [6, 6.07) is 12.6. The third-order valence-electron chi connectivity index (χ3n) is 3.85. The number of carbonyl (C=O) groups is 1. The van der Waals surface area contributed by atoms with Gasteiger partial charge in [-0.3, -0.25) is 9.69 Å². The molecule has 0 aromatic heterocycles. The first-order valence-electron chi connectivity index (χ1n) is 7.71. The number of rotatable bonds is 5. The van der Waals surface area contributed by atoms with Crippen LogP contribution < -0.4 is 19.1 Å². The molecule has 1 aliphatic rings. The first-order valence-corrected chi connectivity index (χ1v) is 8.94. The van der Waals surface area contributed by atoms with Crippen LogP contribution in [0, 0.1) is 0 Å². The highest BCUT2D eigenvalue weighted by atomic mass is 32.2. The highest BCUT2D eigenvalue weighted by Crippen LogP contribution is 2.38. The fraction of sp³-hybridized carbons (Fsp3) is 0.158. The Hall–Kier alpha value is -2.51. The largest absolute Gasteiger partial charge is 0.497 e. The number of thioether (sulfide) groups is 1. The van der Waals surface area contributed by atoms with E-state index in [-0.39, 0.29) is 5.91 Å². The lowest BCUT2D eigenvalue weighted by Crippen LogP contribution is -2.27. The third-order valence-corrected chi connectivity index (χ3v) is 5.15. The average molecular weight is 387 g/mol. The Kier molecular flexibility index (Phi) is 5.49. The van der Waals surface area contributed by atoms with Gasteiger partial charge < -0.3 is 14.2 Å². The predicted molar refractivity (Wildman–Crippen MR) is 108 cm³/mol.